The highest BCUT2D eigenvalue weighted by Crippen LogP contribution is 2.27. The molecule has 0 aliphatic heterocycles. The van der Waals surface area contributed by atoms with Crippen LogP contribution < -0.4 is 28.1 Å². The fraction of sp³-hybridized carbons (Fsp3) is 0.206. The summed E-state index contributed by atoms with van der Waals surface area (Å²) in [7, 11) is 2.78. The molecule has 484 valence electrons. The number of esters is 2. The van der Waals surface area contributed by atoms with E-state index in [1.807, 2.05) is 193 Å². The molecule has 0 aliphatic carbocycles. The Morgan fingerprint density at radius 2 is 0.935 bits per heavy atom. The van der Waals surface area contributed by atoms with Gasteiger partial charge in [-0.15, -0.1) is 5.59 Å². The van der Waals surface area contributed by atoms with E-state index in [1.54, 1.807) is 12.1 Å². The fourth-order valence-corrected chi connectivity index (χ4v) is 9.87. The van der Waals surface area contributed by atoms with Gasteiger partial charge in [0, 0.05) is 43.4 Å². The molecule has 0 atom stereocenters. The van der Waals surface area contributed by atoms with Gasteiger partial charge < -0.3 is 43.6 Å². The number of halogens is 1. The van der Waals surface area contributed by atoms with Crippen molar-refractivity contribution >= 4 is 118 Å². The van der Waals surface area contributed by atoms with Crippen molar-refractivity contribution < 1.29 is 48.9 Å². The molecule has 0 fully saturated rings. The maximum atomic E-state index is 12.2. The molecule has 4 heterocycles. The van der Waals surface area contributed by atoms with Crippen LogP contribution in [0.15, 0.2) is 175 Å². The molecular weight excluding hydrogens is 1250 g/mol. The Hall–Kier alpha value is -10.7. The van der Waals surface area contributed by atoms with Crippen molar-refractivity contribution in [3.8, 4) is 11.5 Å². The second-order valence-corrected chi connectivity index (χ2v) is 20.9. The van der Waals surface area contributed by atoms with Gasteiger partial charge in [0.2, 0.25) is 11.8 Å². The molecular formula is C68H75BrN14O10. The number of aldehydes is 1. The number of aryl methyl sites for hydroxylation is 7. The number of benzene rings is 8. The van der Waals surface area contributed by atoms with Crippen molar-refractivity contribution in [2.75, 3.05) is 19.5 Å². The number of imidazole rings is 4. The number of nitrogens with two attached hydrogens (primary N) is 2. The van der Waals surface area contributed by atoms with E-state index in [1.165, 1.54) is 32.1 Å². The number of aromatic amines is 1. The molecule has 0 radical (unpaired) electrons. The number of nitrogens with zero attached hydrogens (tertiary/aromatic N) is 8. The number of carbonyl (C=O) groups is 5. The highest BCUT2D eigenvalue weighted by Gasteiger charge is 2.12. The number of hydrazone groups is 1. The highest BCUT2D eigenvalue weighted by atomic mass is 79.9. The molecule has 0 spiro atoms. The Morgan fingerprint density at radius 1 is 0.538 bits per heavy atom. The maximum Gasteiger partial charge on any atom is 0.307 e. The second-order valence-electron chi connectivity index (χ2n) is 20.1. The van der Waals surface area contributed by atoms with E-state index in [0.717, 1.165) is 89.0 Å². The molecule has 11 N–H and O–H groups in total. The minimum Gasteiger partial charge on any atom is -0.507 e. The maximum absolute atomic E-state index is 12.2. The number of rotatable bonds is 14. The number of phenols is 2. The van der Waals surface area contributed by atoms with E-state index in [-0.39, 0.29) is 41.7 Å². The average Bonchev–Trinajstić information content (AvgIpc) is 1.75. The summed E-state index contributed by atoms with van der Waals surface area (Å²) < 4.78 is 15.0. The number of H-pyrrole nitrogens is 1. The summed E-state index contributed by atoms with van der Waals surface area (Å²) in [5.74, 6) is 12.3. The normalized spacial score (nSPS) is 10.5. The van der Waals surface area contributed by atoms with Crippen LogP contribution in [-0.4, -0.2) is 110 Å². The molecule has 0 saturated heterocycles. The first-order chi connectivity index (χ1) is 45.0. The third kappa shape index (κ3) is 20.7. The van der Waals surface area contributed by atoms with Gasteiger partial charge in [0.1, 0.15) is 34.8 Å². The Bertz CT molecular complexity index is 4340. The molecule has 0 saturated carbocycles. The first kappa shape index (κ1) is 71.4. The predicted octanol–water partition coefficient (Wildman–Crippen LogP) is 10.4. The summed E-state index contributed by atoms with van der Waals surface area (Å²) in [6.45, 7) is 9.48. The lowest BCUT2D eigenvalue weighted by atomic mass is 10.0. The third-order valence-corrected chi connectivity index (χ3v) is 14.4. The molecule has 24 nitrogen and oxygen atoms in total. The second kappa shape index (κ2) is 36.8. The lowest BCUT2D eigenvalue weighted by molar-refractivity contribution is -0.141. The summed E-state index contributed by atoms with van der Waals surface area (Å²) >= 11 is 3.09. The number of hydrogen-bond acceptors (Lipinski definition) is 18. The van der Waals surface area contributed by atoms with Crippen LogP contribution in [0.2, 0.25) is 0 Å². The minimum absolute atomic E-state index is 0.0358. The van der Waals surface area contributed by atoms with Gasteiger partial charge in [-0.2, -0.15) is 5.10 Å². The van der Waals surface area contributed by atoms with Crippen molar-refractivity contribution in [2.24, 2.45) is 16.8 Å². The summed E-state index contributed by atoms with van der Waals surface area (Å²) in [6, 6.07) is 53.6. The smallest absolute Gasteiger partial charge is 0.307 e. The standard InChI is InChI=1S/C22H20N4O2.C12H14N2O2.C11H14N4O.C11H8O2.C8H8N2.C4H7BrO2.H4N2O/c1-15-24-19-8-4-5-9-20(19)26(15)13-12-22(28)25-23-14-18-17-7-3-2-6-16(17)10-11-21(18)27;1-9-13-10-5-3-4-6-11(10)14(9)8-7-12(15)16-2;1-8-13-9-4-2-3-5-10(9)15(8)7-6-11(16)14-12;12-7-10-9-4-2-1-3-8(9)5-6-11(10)13;1-6-9-7-4-2-3-5-8(7)10-6;1-7-4(6)2-3-5;1-2-3/h2-11,14,27H,12-13H2,1H3,(H,25,28);3-6H,7-8H2,1-2H3;2-5H,6-7,12H2,1H3,(H,14,16);1-7,13H;2-5H,1H3,(H,9,10);2-3H2,1H3;2-3H,1H2/b23-14+;;;;;;. The zero-order chi connectivity index (χ0) is 67.2. The van der Waals surface area contributed by atoms with Gasteiger partial charge in [-0.25, -0.2) is 37.0 Å². The van der Waals surface area contributed by atoms with Crippen LogP contribution in [0.4, 0.5) is 0 Å². The number of aromatic hydroxyl groups is 2. The number of ether oxygens (including phenoxy) is 2. The molecule has 12 rings (SSSR count). The van der Waals surface area contributed by atoms with Crippen LogP contribution in [0.5, 0.6) is 11.5 Å². The number of hydrazine groups is 2. The van der Waals surface area contributed by atoms with Gasteiger partial charge in [0.15, 0.2) is 6.29 Å². The number of aromatic nitrogens is 8. The van der Waals surface area contributed by atoms with E-state index < -0.39 is 0 Å². The fourth-order valence-electron chi connectivity index (χ4n) is 9.55. The molecule has 0 aliphatic rings. The van der Waals surface area contributed by atoms with E-state index >= 15 is 0 Å². The molecule has 2 amide bonds. The first-order valence-corrected chi connectivity index (χ1v) is 30.3. The first-order valence-electron chi connectivity index (χ1n) is 29.1. The quantitative estimate of drug-likeness (QED) is 0.00929. The molecule has 0 unspecified atom stereocenters. The number of carbonyl (C=O) groups excluding carboxylic acids is 5. The van der Waals surface area contributed by atoms with Gasteiger partial charge in [-0.1, -0.05) is 125 Å². The van der Waals surface area contributed by atoms with Crippen molar-refractivity contribution in [2.45, 2.75) is 73.0 Å². The number of fused-ring (bicyclic) bond motifs is 6. The summed E-state index contributed by atoms with van der Waals surface area (Å²) in [6.07, 6.45) is 3.62. The SMILES string of the molecule is COC(=O)CCBr.COC(=O)CCn1c(C)nc2ccccc21.Cc1nc2ccccc2[nH]1.Cc1nc2ccccc2n1CCC(=O)N/N=C/c1c(O)ccc2ccccc12.Cc1nc2ccccc2n1CCC(=O)NN.NNO.O=Cc1c(O)ccc2ccccc12. The molecule has 93 heavy (non-hydrogen) atoms. The number of hydrogen-bond donors (Lipinski definition) is 9. The number of para-hydroxylation sites is 8. The van der Waals surface area contributed by atoms with Crippen LogP contribution in [-0.2, 0) is 48.3 Å². The summed E-state index contributed by atoms with van der Waals surface area (Å²) in [5.41, 5.74) is 15.0. The monoisotopic (exact) mass is 1330 g/mol. The van der Waals surface area contributed by atoms with Crippen LogP contribution in [0.3, 0.4) is 0 Å². The molecule has 12 aromatic rings. The van der Waals surface area contributed by atoms with Crippen molar-refractivity contribution in [1.82, 2.24) is 55.1 Å². The van der Waals surface area contributed by atoms with Gasteiger partial charge in [0.25, 0.3) is 0 Å². The van der Waals surface area contributed by atoms with E-state index in [0.29, 0.717) is 61.6 Å². The largest absolute Gasteiger partial charge is 0.507 e. The predicted molar refractivity (Wildman–Crippen MR) is 364 cm³/mol. The molecule has 25 heteroatoms. The van der Waals surface area contributed by atoms with Gasteiger partial charge in [-0.05, 0) is 110 Å². The molecule has 4 aromatic heterocycles. The lowest BCUT2D eigenvalue weighted by Gasteiger charge is -2.06. The number of methoxy groups -OCH3 is 2. The van der Waals surface area contributed by atoms with E-state index in [4.69, 9.17) is 11.0 Å². The van der Waals surface area contributed by atoms with Crippen LogP contribution >= 0.6 is 15.9 Å². The van der Waals surface area contributed by atoms with Crippen LogP contribution in [0.1, 0.15) is 64.9 Å². The van der Waals surface area contributed by atoms with Crippen LogP contribution in [0.25, 0.3) is 65.7 Å². The number of phenolic OH excluding ortho intramolecular Hbond substituents is 2. The van der Waals surface area contributed by atoms with E-state index in [9.17, 15) is 34.2 Å². The number of alkyl halides is 1. The summed E-state index contributed by atoms with van der Waals surface area (Å²) in [5, 5.41) is 34.9. The van der Waals surface area contributed by atoms with Gasteiger partial charge in [-0.3, -0.25) is 29.4 Å². The topological polar surface area (TPSA) is 347 Å². The van der Waals surface area contributed by atoms with Gasteiger partial charge >= 0.3 is 11.9 Å². The Balaban J connectivity index is 0.000000185. The third-order valence-electron chi connectivity index (χ3n) is 14.0. The Kier molecular flexibility index (Phi) is 28.3. The van der Waals surface area contributed by atoms with Crippen molar-refractivity contribution in [3.63, 3.8) is 0 Å². The van der Waals surface area contributed by atoms with Crippen molar-refractivity contribution in [3.05, 3.63) is 204 Å². The zero-order valence-corrected chi connectivity index (χ0v) is 53.9. The molecule has 0 bridgehead atoms. The summed E-state index contributed by atoms with van der Waals surface area (Å²) in [4.78, 5) is 76.0. The Morgan fingerprint density at radius 3 is 1.38 bits per heavy atom. The minimum atomic E-state index is -0.201. The average molecular weight is 1330 g/mol. The Labute approximate surface area is 544 Å². The lowest BCUT2D eigenvalue weighted by Crippen LogP contribution is -2.30. The molecule has 8 aromatic carbocycles. The van der Waals surface area contributed by atoms with Crippen molar-refractivity contribution in [1.29, 1.82) is 0 Å². The number of amides is 2. The zero-order valence-electron chi connectivity index (χ0n) is 52.3. The van der Waals surface area contributed by atoms with Crippen LogP contribution in [0, 0.1) is 27.7 Å². The highest BCUT2D eigenvalue weighted by molar-refractivity contribution is 9.09. The van der Waals surface area contributed by atoms with E-state index in [2.05, 4.69) is 72.1 Å². The van der Waals surface area contributed by atoms with Gasteiger partial charge in [0.05, 0.1) is 83.0 Å². The number of nitrogens with one attached hydrogen (secondary N) is 4.